The highest BCUT2D eigenvalue weighted by atomic mass is 16.5. The highest BCUT2D eigenvalue weighted by molar-refractivity contribution is 5.97. The number of nitrogens with zero attached hydrogens (tertiary/aromatic N) is 3. The first-order valence-electron chi connectivity index (χ1n) is 14.4. The normalized spacial score (nSPS) is 16.5. The Morgan fingerprint density at radius 3 is 2.59 bits per heavy atom. The van der Waals surface area contributed by atoms with Gasteiger partial charge in [-0.05, 0) is 67.1 Å². The van der Waals surface area contributed by atoms with Crippen LogP contribution in [0.4, 0.5) is 11.5 Å². The van der Waals surface area contributed by atoms with Crippen LogP contribution in [0.15, 0.2) is 60.8 Å². The lowest BCUT2D eigenvalue weighted by Crippen LogP contribution is -2.36. The van der Waals surface area contributed by atoms with E-state index >= 15 is 0 Å². The van der Waals surface area contributed by atoms with Gasteiger partial charge in [-0.3, -0.25) is 9.89 Å². The number of benzene rings is 2. The molecule has 0 radical (unpaired) electrons. The third kappa shape index (κ3) is 6.14. The summed E-state index contributed by atoms with van der Waals surface area (Å²) in [6.45, 7) is 3.29. The SMILES string of the molecule is O=C(Cc1cccc(CCc2[nH]nc3ccnc(NC4CCCCC4)c23)c1)c1ccc(N2CCOCC2)cc1. The second-order valence-electron chi connectivity index (χ2n) is 10.8. The number of morpholine rings is 1. The van der Waals surface area contributed by atoms with Crippen LogP contribution in [0.1, 0.15) is 59.3 Å². The Kier molecular flexibility index (Phi) is 7.86. The molecule has 6 rings (SSSR count). The standard InChI is InChI=1S/C32H37N5O2/c38-30(25-10-12-27(13-11-25)37-17-19-39-20-18-37)22-24-6-4-5-23(21-24)9-14-28-31-29(36-35-28)15-16-33-32(31)34-26-7-2-1-3-8-26/h4-6,10-13,15-16,21,26H,1-3,7-9,14,17-20,22H2,(H,33,34)(H,35,36). The summed E-state index contributed by atoms with van der Waals surface area (Å²) in [5.41, 5.74) is 6.24. The molecule has 7 heteroatoms. The van der Waals surface area contributed by atoms with Crippen molar-refractivity contribution in [1.82, 2.24) is 15.2 Å². The molecule has 39 heavy (non-hydrogen) atoms. The van der Waals surface area contributed by atoms with Crippen molar-refractivity contribution < 1.29 is 9.53 Å². The Labute approximate surface area is 230 Å². The summed E-state index contributed by atoms with van der Waals surface area (Å²) in [7, 11) is 0. The van der Waals surface area contributed by atoms with Gasteiger partial charge in [0.1, 0.15) is 5.82 Å². The lowest BCUT2D eigenvalue weighted by molar-refractivity contribution is 0.0993. The van der Waals surface area contributed by atoms with Crippen molar-refractivity contribution in [2.75, 3.05) is 36.5 Å². The van der Waals surface area contributed by atoms with Gasteiger partial charge in [0.25, 0.3) is 0 Å². The largest absolute Gasteiger partial charge is 0.378 e. The van der Waals surface area contributed by atoms with Gasteiger partial charge in [-0.15, -0.1) is 0 Å². The molecule has 2 aromatic carbocycles. The van der Waals surface area contributed by atoms with Crippen LogP contribution in [0.2, 0.25) is 0 Å². The molecule has 0 bridgehead atoms. The second-order valence-corrected chi connectivity index (χ2v) is 10.8. The van der Waals surface area contributed by atoms with Crippen LogP contribution in [0, 0.1) is 0 Å². The Morgan fingerprint density at radius 2 is 1.77 bits per heavy atom. The van der Waals surface area contributed by atoms with Crippen LogP contribution < -0.4 is 10.2 Å². The third-order valence-corrected chi connectivity index (χ3v) is 8.07. The Balaban J connectivity index is 1.10. The summed E-state index contributed by atoms with van der Waals surface area (Å²) in [6.07, 6.45) is 10.2. The molecule has 0 spiro atoms. The van der Waals surface area contributed by atoms with Crippen LogP contribution in [0.3, 0.4) is 0 Å². The minimum atomic E-state index is 0.143. The van der Waals surface area contributed by atoms with E-state index in [9.17, 15) is 4.79 Å². The van der Waals surface area contributed by atoms with Crippen LogP contribution in [-0.4, -0.2) is 53.3 Å². The van der Waals surface area contributed by atoms with E-state index in [0.29, 0.717) is 12.5 Å². The lowest BCUT2D eigenvalue weighted by Gasteiger charge is -2.28. The second kappa shape index (κ2) is 12.0. The average Bonchev–Trinajstić information content (AvgIpc) is 3.41. The van der Waals surface area contributed by atoms with Crippen molar-refractivity contribution in [3.63, 3.8) is 0 Å². The number of carbonyl (C=O) groups is 1. The van der Waals surface area contributed by atoms with Gasteiger partial charge in [-0.2, -0.15) is 5.10 Å². The number of aromatic nitrogens is 3. The van der Waals surface area contributed by atoms with Crippen LogP contribution in [-0.2, 0) is 24.0 Å². The number of rotatable bonds is 9. The molecule has 3 heterocycles. The third-order valence-electron chi connectivity index (χ3n) is 8.07. The first kappa shape index (κ1) is 25.6. The van der Waals surface area contributed by atoms with E-state index in [1.807, 2.05) is 30.5 Å². The molecule has 1 saturated heterocycles. The average molecular weight is 524 g/mol. The summed E-state index contributed by atoms with van der Waals surface area (Å²) < 4.78 is 5.44. The smallest absolute Gasteiger partial charge is 0.167 e. The van der Waals surface area contributed by atoms with Gasteiger partial charge < -0.3 is 15.0 Å². The fourth-order valence-corrected chi connectivity index (χ4v) is 5.89. The van der Waals surface area contributed by atoms with E-state index in [1.165, 1.54) is 37.7 Å². The molecule has 2 N–H and O–H groups in total. The van der Waals surface area contributed by atoms with Gasteiger partial charge in [0.2, 0.25) is 0 Å². The van der Waals surface area contributed by atoms with Crippen molar-refractivity contribution in [2.24, 2.45) is 0 Å². The zero-order valence-electron chi connectivity index (χ0n) is 22.5. The van der Waals surface area contributed by atoms with Gasteiger partial charge in [0.15, 0.2) is 5.78 Å². The molecule has 2 aromatic heterocycles. The number of anilines is 2. The number of hydrogen-bond donors (Lipinski definition) is 2. The molecule has 0 atom stereocenters. The zero-order valence-corrected chi connectivity index (χ0v) is 22.5. The van der Waals surface area contributed by atoms with E-state index in [1.54, 1.807) is 0 Å². The molecule has 1 saturated carbocycles. The molecule has 2 aliphatic rings. The van der Waals surface area contributed by atoms with Gasteiger partial charge in [-0.1, -0.05) is 43.5 Å². The molecule has 1 aliphatic heterocycles. The van der Waals surface area contributed by atoms with Crippen molar-refractivity contribution in [2.45, 2.75) is 57.4 Å². The molecule has 0 unspecified atom stereocenters. The molecule has 4 aromatic rings. The summed E-state index contributed by atoms with van der Waals surface area (Å²) in [6, 6.07) is 18.9. The fraction of sp³-hybridized carbons (Fsp3) is 0.406. The Hall–Kier alpha value is -3.71. The minimum absolute atomic E-state index is 0.143. The van der Waals surface area contributed by atoms with E-state index in [0.717, 1.165) is 78.4 Å². The number of aromatic amines is 1. The van der Waals surface area contributed by atoms with Crippen molar-refractivity contribution in [3.05, 3.63) is 83.2 Å². The summed E-state index contributed by atoms with van der Waals surface area (Å²) in [5, 5.41) is 12.6. The monoisotopic (exact) mass is 523 g/mol. The van der Waals surface area contributed by atoms with Gasteiger partial charge in [0.05, 0.1) is 24.1 Å². The molecule has 7 nitrogen and oxygen atoms in total. The van der Waals surface area contributed by atoms with Crippen LogP contribution in [0.5, 0.6) is 0 Å². The number of carbonyl (C=O) groups excluding carboxylic acids is 1. The van der Waals surface area contributed by atoms with Gasteiger partial charge in [0, 0.05) is 48.7 Å². The van der Waals surface area contributed by atoms with Gasteiger partial charge in [-0.25, -0.2) is 4.98 Å². The minimum Gasteiger partial charge on any atom is -0.378 e. The number of ketones is 1. The Morgan fingerprint density at radius 1 is 0.974 bits per heavy atom. The van der Waals surface area contributed by atoms with E-state index in [2.05, 4.69) is 55.7 Å². The number of Topliss-reactive ketones (excluding diaryl/α,β-unsaturated/α-hetero) is 1. The van der Waals surface area contributed by atoms with Crippen molar-refractivity contribution in [1.29, 1.82) is 0 Å². The topological polar surface area (TPSA) is 83.1 Å². The summed E-state index contributed by atoms with van der Waals surface area (Å²) in [5.74, 6) is 1.09. The number of nitrogens with one attached hydrogen (secondary N) is 2. The number of pyridine rings is 1. The molecular weight excluding hydrogens is 486 g/mol. The molecule has 2 fully saturated rings. The number of aryl methyl sites for hydroxylation is 2. The first-order chi connectivity index (χ1) is 19.2. The quantitative estimate of drug-likeness (QED) is 0.272. The predicted molar refractivity (Wildman–Crippen MR) is 156 cm³/mol. The van der Waals surface area contributed by atoms with Crippen LogP contribution in [0.25, 0.3) is 10.9 Å². The number of hydrogen-bond acceptors (Lipinski definition) is 6. The molecular formula is C32H37N5O2. The van der Waals surface area contributed by atoms with E-state index in [4.69, 9.17) is 4.74 Å². The number of H-pyrrole nitrogens is 1. The number of fused-ring (bicyclic) bond motifs is 1. The molecule has 202 valence electrons. The maximum atomic E-state index is 13.0. The summed E-state index contributed by atoms with van der Waals surface area (Å²) >= 11 is 0. The maximum Gasteiger partial charge on any atom is 0.167 e. The van der Waals surface area contributed by atoms with Crippen molar-refractivity contribution >= 4 is 28.2 Å². The number of ether oxygens (including phenoxy) is 1. The molecule has 1 aliphatic carbocycles. The lowest BCUT2D eigenvalue weighted by atomic mass is 9.95. The highest BCUT2D eigenvalue weighted by Gasteiger charge is 2.18. The maximum absolute atomic E-state index is 13.0. The van der Waals surface area contributed by atoms with E-state index < -0.39 is 0 Å². The Bertz CT molecular complexity index is 1400. The van der Waals surface area contributed by atoms with Crippen molar-refractivity contribution in [3.8, 4) is 0 Å². The highest BCUT2D eigenvalue weighted by Crippen LogP contribution is 2.28. The first-order valence-corrected chi connectivity index (χ1v) is 14.4. The summed E-state index contributed by atoms with van der Waals surface area (Å²) in [4.78, 5) is 20.0. The fourth-order valence-electron chi connectivity index (χ4n) is 5.89. The predicted octanol–water partition coefficient (Wildman–Crippen LogP) is 5.75. The zero-order chi connectivity index (χ0) is 26.4. The molecule has 0 amide bonds. The van der Waals surface area contributed by atoms with Crippen LogP contribution >= 0.6 is 0 Å². The van der Waals surface area contributed by atoms with Gasteiger partial charge >= 0.3 is 0 Å². The van der Waals surface area contributed by atoms with E-state index in [-0.39, 0.29) is 5.78 Å².